The Kier molecular flexibility index (Phi) is 4.55. The van der Waals surface area contributed by atoms with Gasteiger partial charge in [-0.25, -0.2) is 4.98 Å². The maximum absolute atomic E-state index is 12.2. The summed E-state index contributed by atoms with van der Waals surface area (Å²) in [6, 6.07) is 13.4. The number of aromatic nitrogens is 2. The van der Waals surface area contributed by atoms with E-state index in [4.69, 9.17) is 0 Å². The Labute approximate surface area is 138 Å². The van der Waals surface area contributed by atoms with Crippen molar-refractivity contribution in [3.8, 4) is 10.6 Å². The SMILES string of the molecule is Cn1cccc1[C@H](O)CNC(=O)c1csc(-c2ccccc2)n1. The second kappa shape index (κ2) is 6.76. The summed E-state index contributed by atoms with van der Waals surface area (Å²) in [7, 11) is 1.85. The molecule has 0 aliphatic rings. The molecule has 23 heavy (non-hydrogen) atoms. The van der Waals surface area contributed by atoms with E-state index in [-0.39, 0.29) is 12.5 Å². The lowest BCUT2D eigenvalue weighted by atomic mass is 10.2. The highest BCUT2D eigenvalue weighted by Crippen LogP contribution is 2.23. The molecule has 6 heteroatoms. The molecule has 0 aliphatic heterocycles. The van der Waals surface area contributed by atoms with E-state index in [0.29, 0.717) is 5.69 Å². The van der Waals surface area contributed by atoms with Crippen LogP contribution in [0.1, 0.15) is 22.3 Å². The quantitative estimate of drug-likeness (QED) is 0.757. The number of aliphatic hydroxyl groups is 1. The van der Waals surface area contributed by atoms with E-state index in [9.17, 15) is 9.90 Å². The first-order valence-electron chi connectivity index (χ1n) is 7.23. The van der Waals surface area contributed by atoms with Gasteiger partial charge in [0.25, 0.3) is 5.91 Å². The Hall–Kier alpha value is -2.44. The number of aryl methyl sites for hydroxylation is 1. The lowest BCUT2D eigenvalue weighted by molar-refractivity contribution is 0.0908. The van der Waals surface area contributed by atoms with E-state index in [1.807, 2.05) is 60.3 Å². The zero-order valence-electron chi connectivity index (χ0n) is 12.6. The van der Waals surface area contributed by atoms with Crippen LogP contribution < -0.4 is 5.32 Å². The Morgan fingerprint density at radius 3 is 2.78 bits per heavy atom. The van der Waals surface area contributed by atoms with Crippen molar-refractivity contribution in [1.29, 1.82) is 0 Å². The van der Waals surface area contributed by atoms with Gasteiger partial charge in [0.05, 0.1) is 0 Å². The van der Waals surface area contributed by atoms with Crippen LogP contribution in [0, 0.1) is 0 Å². The number of amides is 1. The number of thiazole rings is 1. The molecule has 118 valence electrons. The fraction of sp³-hybridized carbons (Fsp3) is 0.176. The van der Waals surface area contributed by atoms with Gasteiger partial charge in [-0.2, -0.15) is 0 Å². The second-order valence-corrected chi connectivity index (χ2v) is 6.03. The molecule has 1 aromatic carbocycles. The maximum atomic E-state index is 12.2. The van der Waals surface area contributed by atoms with Crippen LogP contribution in [-0.2, 0) is 7.05 Å². The fourth-order valence-corrected chi connectivity index (χ4v) is 3.10. The van der Waals surface area contributed by atoms with Gasteiger partial charge in [0.2, 0.25) is 0 Å². The van der Waals surface area contributed by atoms with Gasteiger partial charge in [-0.3, -0.25) is 4.79 Å². The van der Waals surface area contributed by atoms with Gasteiger partial charge >= 0.3 is 0 Å². The normalized spacial score (nSPS) is 12.1. The number of carbonyl (C=O) groups excluding carboxylic acids is 1. The molecule has 0 saturated carbocycles. The highest BCUT2D eigenvalue weighted by atomic mass is 32.1. The molecule has 0 saturated heterocycles. The van der Waals surface area contributed by atoms with Crippen LogP contribution in [0.2, 0.25) is 0 Å². The van der Waals surface area contributed by atoms with Gasteiger partial charge in [-0.05, 0) is 12.1 Å². The number of hydrogen-bond donors (Lipinski definition) is 2. The molecule has 2 aromatic heterocycles. The number of nitrogens with one attached hydrogen (secondary N) is 1. The van der Waals surface area contributed by atoms with Crippen LogP contribution >= 0.6 is 11.3 Å². The van der Waals surface area contributed by atoms with Crippen LogP contribution in [0.5, 0.6) is 0 Å². The number of nitrogens with zero attached hydrogens (tertiary/aromatic N) is 2. The third kappa shape index (κ3) is 3.49. The molecule has 0 fully saturated rings. The number of hydrogen-bond acceptors (Lipinski definition) is 4. The third-order valence-corrected chi connectivity index (χ3v) is 4.43. The van der Waals surface area contributed by atoms with Crippen molar-refractivity contribution in [2.24, 2.45) is 7.05 Å². The van der Waals surface area contributed by atoms with E-state index >= 15 is 0 Å². The molecule has 2 heterocycles. The predicted octanol–water partition coefficient (Wildman–Crippen LogP) is 2.61. The Balaban J connectivity index is 1.63. The topological polar surface area (TPSA) is 67.2 Å². The first-order valence-corrected chi connectivity index (χ1v) is 8.11. The molecule has 3 aromatic rings. The average Bonchev–Trinajstić information content (AvgIpc) is 3.22. The molecule has 5 nitrogen and oxygen atoms in total. The smallest absolute Gasteiger partial charge is 0.270 e. The molecule has 1 atom stereocenters. The summed E-state index contributed by atoms with van der Waals surface area (Å²) in [5.74, 6) is -0.281. The van der Waals surface area contributed by atoms with E-state index in [1.54, 1.807) is 5.38 Å². The summed E-state index contributed by atoms with van der Waals surface area (Å²) in [5.41, 5.74) is 2.11. The highest BCUT2D eigenvalue weighted by molar-refractivity contribution is 7.13. The number of benzene rings is 1. The molecule has 3 rings (SSSR count). The van der Waals surface area contributed by atoms with Crippen LogP contribution in [0.3, 0.4) is 0 Å². The minimum atomic E-state index is -0.744. The number of carbonyl (C=O) groups is 1. The maximum Gasteiger partial charge on any atom is 0.270 e. The molecule has 0 aliphatic carbocycles. The van der Waals surface area contributed by atoms with Gasteiger partial charge in [0, 0.05) is 36.4 Å². The van der Waals surface area contributed by atoms with Gasteiger partial charge in [0.1, 0.15) is 16.8 Å². The van der Waals surface area contributed by atoms with Crippen molar-refractivity contribution in [2.45, 2.75) is 6.10 Å². The van der Waals surface area contributed by atoms with Gasteiger partial charge in [-0.15, -0.1) is 11.3 Å². The van der Waals surface area contributed by atoms with Crippen LogP contribution in [0.15, 0.2) is 54.0 Å². The minimum Gasteiger partial charge on any atom is -0.385 e. The summed E-state index contributed by atoms with van der Waals surface area (Å²) >= 11 is 1.43. The first kappa shape index (κ1) is 15.5. The van der Waals surface area contributed by atoms with Gasteiger partial charge < -0.3 is 15.0 Å². The van der Waals surface area contributed by atoms with Crippen LogP contribution in [-0.4, -0.2) is 27.1 Å². The van der Waals surface area contributed by atoms with Crippen molar-refractivity contribution < 1.29 is 9.90 Å². The fourth-order valence-electron chi connectivity index (χ4n) is 2.30. The third-order valence-electron chi connectivity index (χ3n) is 3.54. The van der Waals surface area contributed by atoms with E-state index in [2.05, 4.69) is 10.3 Å². The number of aliphatic hydroxyl groups excluding tert-OH is 1. The van der Waals surface area contributed by atoms with Crippen molar-refractivity contribution in [1.82, 2.24) is 14.9 Å². The highest BCUT2D eigenvalue weighted by Gasteiger charge is 2.15. The standard InChI is InChI=1S/C17H17N3O2S/c1-20-9-5-8-14(20)15(21)10-18-16(22)13-11-23-17(19-13)12-6-3-2-4-7-12/h2-9,11,15,21H,10H2,1H3,(H,18,22)/t15-/m1/s1. The summed E-state index contributed by atoms with van der Waals surface area (Å²) in [6.45, 7) is 0.148. The van der Waals surface area contributed by atoms with E-state index in [0.717, 1.165) is 16.3 Å². The molecular formula is C17H17N3O2S. The molecular weight excluding hydrogens is 310 g/mol. The molecule has 0 spiro atoms. The van der Waals surface area contributed by atoms with Gasteiger partial charge in [0.15, 0.2) is 0 Å². The average molecular weight is 327 g/mol. The van der Waals surface area contributed by atoms with Crippen molar-refractivity contribution in [3.63, 3.8) is 0 Å². The molecule has 0 unspecified atom stereocenters. The summed E-state index contributed by atoms with van der Waals surface area (Å²) < 4.78 is 1.83. The summed E-state index contributed by atoms with van der Waals surface area (Å²) in [4.78, 5) is 16.5. The van der Waals surface area contributed by atoms with E-state index < -0.39 is 6.10 Å². The molecule has 1 amide bonds. The Morgan fingerprint density at radius 1 is 1.30 bits per heavy atom. The zero-order valence-corrected chi connectivity index (χ0v) is 13.5. The largest absolute Gasteiger partial charge is 0.385 e. The predicted molar refractivity (Wildman–Crippen MR) is 90.3 cm³/mol. The lowest BCUT2D eigenvalue weighted by Crippen LogP contribution is -2.29. The zero-order chi connectivity index (χ0) is 16.2. The van der Waals surface area contributed by atoms with Crippen LogP contribution in [0.25, 0.3) is 10.6 Å². The Morgan fingerprint density at radius 2 is 2.09 bits per heavy atom. The summed E-state index contributed by atoms with van der Waals surface area (Å²) in [6.07, 6.45) is 1.11. The van der Waals surface area contributed by atoms with Gasteiger partial charge in [-0.1, -0.05) is 30.3 Å². The minimum absolute atomic E-state index is 0.148. The van der Waals surface area contributed by atoms with Crippen molar-refractivity contribution in [2.75, 3.05) is 6.54 Å². The lowest BCUT2D eigenvalue weighted by Gasteiger charge is -2.12. The molecule has 2 N–H and O–H groups in total. The molecule has 0 radical (unpaired) electrons. The first-order chi connectivity index (χ1) is 11.1. The molecule has 0 bridgehead atoms. The van der Waals surface area contributed by atoms with Crippen molar-refractivity contribution in [3.05, 3.63) is 65.4 Å². The van der Waals surface area contributed by atoms with Crippen molar-refractivity contribution >= 4 is 17.2 Å². The second-order valence-electron chi connectivity index (χ2n) is 5.17. The number of rotatable bonds is 5. The van der Waals surface area contributed by atoms with E-state index in [1.165, 1.54) is 11.3 Å². The monoisotopic (exact) mass is 327 g/mol. The summed E-state index contributed by atoms with van der Waals surface area (Å²) in [5, 5.41) is 15.4. The van der Waals surface area contributed by atoms with Crippen LogP contribution in [0.4, 0.5) is 0 Å². The Bertz CT molecular complexity index is 795.